The van der Waals surface area contributed by atoms with Gasteiger partial charge in [-0.1, -0.05) is 36.4 Å². The van der Waals surface area contributed by atoms with Crippen LogP contribution < -0.4 is 4.57 Å². The summed E-state index contributed by atoms with van der Waals surface area (Å²) in [6.45, 7) is 4.36. The molecule has 0 N–H and O–H groups in total. The molecule has 29 heavy (non-hydrogen) atoms. The first-order chi connectivity index (χ1) is 14.1. The Morgan fingerprint density at radius 3 is 2.34 bits per heavy atom. The average Bonchev–Trinajstić information content (AvgIpc) is 3.24. The minimum absolute atomic E-state index is 0.936. The number of hydrogen-bond acceptors (Lipinski definition) is 1. The summed E-state index contributed by atoms with van der Waals surface area (Å²) >= 11 is 0. The lowest BCUT2D eigenvalue weighted by atomic mass is 10.0. The Balaban J connectivity index is 1.86. The van der Waals surface area contributed by atoms with E-state index in [4.69, 9.17) is 4.42 Å². The summed E-state index contributed by atoms with van der Waals surface area (Å²) in [5, 5.41) is 4.83. The second kappa shape index (κ2) is 5.71. The number of para-hydroxylation sites is 2. The fourth-order valence-electron chi connectivity index (χ4n) is 4.70. The lowest BCUT2D eigenvalue weighted by molar-refractivity contribution is -0.652. The predicted octanol–water partition coefficient (Wildman–Crippen LogP) is 6.12. The zero-order valence-electron chi connectivity index (χ0n) is 16.7. The van der Waals surface area contributed by atoms with E-state index >= 15 is 0 Å². The highest BCUT2D eigenvalue weighted by Gasteiger charge is 2.25. The summed E-state index contributed by atoms with van der Waals surface area (Å²) in [5.74, 6) is 1.21. The molecule has 4 aromatic carbocycles. The summed E-state index contributed by atoms with van der Waals surface area (Å²) in [6.07, 6.45) is 0. The fourth-order valence-corrected chi connectivity index (χ4v) is 4.70. The number of aromatic nitrogens is 2. The van der Waals surface area contributed by atoms with E-state index in [-0.39, 0.29) is 0 Å². The van der Waals surface area contributed by atoms with Crippen LogP contribution in [0.25, 0.3) is 49.4 Å². The summed E-state index contributed by atoms with van der Waals surface area (Å²) in [5.41, 5.74) is 6.83. The Hall–Kier alpha value is -3.59. The quantitative estimate of drug-likeness (QED) is 0.316. The van der Waals surface area contributed by atoms with E-state index in [1.165, 1.54) is 49.7 Å². The van der Waals surface area contributed by atoms with Gasteiger partial charge in [-0.3, -0.25) is 0 Å². The molecule has 0 bridgehead atoms. The molecule has 0 aliphatic heterocycles. The molecule has 140 valence electrons. The van der Waals surface area contributed by atoms with Crippen LogP contribution in [0.3, 0.4) is 0 Å². The van der Waals surface area contributed by atoms with Crippen LogP contribution in [0.1, 0.15) is 11.4 Å². The largest absolute Gasteiger partial charge is 0.456 e. The van der Waals surface area contributed by atoms with E-state index in [1.54, 1.807) is 0 Å². The van der Waals surface area contributed by atoms with E-state index in [0.29, 0.717) is 0 Å². The van der Waals surface area contributed by atoms with Crippen LogP contribution in [-0.4, -0.2) is 4.57 Å². The van der Waals surface area contributed by atoms with Gasteiger partial charge < -0.3 is 4.42 Å². The van der Waals surface area contributed by atoms with Gasteiger partial charge in [0.15, 0.2) is 11.0 Å². The number of hydrogen-bond donors (Lipinski definition) is 0. The lowest BCUT2D eigenvalue weighted by Gasteiger charge is -2.06. The zero-order chi connectivity index (χ0) is 19.7. The molecule has 6 aromatic rings. The van der Waals surface area contributed by atoms with E-state index in [1.807, 2.05) is 12.1 Å². The molecule has 0 amide bonds. The van der Waals surface area contributed by atoms with E-state index < -0.39 is 0 Å². The molecular weight excluding hydrogens is 356 g/mol. The first kappa shape index (κ1) is 16.4. The number of aryl methyl sites for hydroxylation is 2. The van der Waals surface area contributed by atoms with E-state index in [0.717, 1.165) is 11.2 Å². The van der Waals surface area contributed by atoms with Crippen molar-refractivity contribution in [2.45, 2.75) is 13.8 Å². The van der Waals surface area contributed by atoms with Gasteiger partial charge in [-0.2, -0.15) is 4.57 Å². The van der Waals surface area contributed by atoms with Gasteiger partial charge in [-0.25, -0.2) is 4.57 Å². The first-order valence-electron chi connectivity index (χ1n) is 9.95. The van der Waals surface area contributed by atoms with Gasteiger partial charge >= 0.3 is 0 Å². The molecule has 0 spiro atoms. The molecule has 0 fully saturated rings. The smallest absolute Gasteiger partial charge is 0.259 e. The van der Waals surface area contributed by atoms with Gasteiger partial charge in [0.05, 0.1) is 7.05 Å². The van der Waals surface area contributed by atoms with E-state index in [2.05, 4.69) is 90.7 Å². The molecule has 0 aliphatic carbocycles. The van der Waals surface area contributed by atoms with Gasteiger partial charge in [0.25, 0.3) is 5.82 Å². The van der Waals surface area contributed by atoms with Crippen molar-refractivity contribution in [3.05, 3.63) is 84.2 Å². The SMILES string of the molecule is Cc1ccccc1-n1c(C)[n+](C)c2ccc3c(ccc4oc5ccccc5c43)c21. The van der Waals surface area contributed by atoms with Gasteiger partial charge in [-0.05, 0) is 54.3 Å². The van der Waals surface area contributed by atoms with Crippen LogP contribution in [0, 0.1) is 13.8 Å². The topological polar surface area (TPSA) is 21.9 Å². The van der Waals surface area contributed by atoms with Crippen molar-refractivity contribution < 1.29 is 8.98 Å². The van der Waals surface area contributed by atoms with Crippen molar-refractivity contribution in [1.82, 2.24) is 4.57 Å². The van der Waals surface area contributed by atoms with Gasteiger partial charge in [0.2, 0.25) is 0 Å². The Morgan fingerprint density at radius 2 is 1.48 bits per heavy atom. The van der Waals surface area contributed by atoms with Crippen molar-refractivity contribution in [2.24, 2.45) is 7.05 Å². The molecular formula is C26H21N2O+. The summed E-state index contributed by atoms with van der Waals surface area (Å²) in [7, 11) is 2.14. The molecule has 2 aromatic heterocycles. The highest BCUT2D eigenvalue weighted by atomic mass is 16.3. The van der Waals surface area contributed by atoms with Crippen molar-refractivity contribution in [3.8, 4) is 5.69 Å². The van der Waals surface area contributed by atoms with Crippen molar-refractivity contribution >= 4 is 43.7 Å². The molecule has 2 heterocycles. The third kappa shape index (κ3) is 2.10. The van der Waals surface area contributed by atoms with Gasteiger partial charge in [0.1, 0.15) is 16.9 Å². The lowest BCUT2D eigenvalue weighted by Crippen LogP contribution is -2.30. The minimum atomic E-state index is 0.936. The monoisotopic (exact) mass is 377 g/mol. The van der Waals surface area contributed by atoms with Crippen LogP contribution in [-0.2, 0) is 7.05 Å². The van der Waals surface area contributed by atoms with Crippen LogP contribution in [0.4, 0.5) is 0 Å². The zero-order valence-corrected chi connectivity index (χ0v) is 16.7. The number of benzene rings is 4. The first-order valence-corrected chi connectivity index (χ1v) is 9.95. The summed E-state index contributed by atoms with van der Waals surface area (Å²) < 4.78 is 10.8. The Morgan fingerprint density at radius 1 is 0.724 bits per heavy atom. The number of furan rings is 1. The maximum absolute atomic E-state index is 6.12. The van der Waals surface area contributed by atoms with Crippen molar-refractivity contribution in [2.75, 3.05) is 0 Å². The Bertz CT molecular complexity index is 1580. The second-order valence-electron chi connectivity index (χ2n) is 7.79. The van der Waals surface area contributed by atoms with Crippen molar-refractivity contribution in [1.29, 1.82) is 0 Å². The summed E-state index contributed by atoms with van der Waals surface area (Å²) in [6, 6.07) is 25.7. The van der Waals surface area contributed by atoms with E-state index in [9.17, 15) is 0 Å². The maximum atomic E-state index is 6.12. The predicted molar refractivity (Wildman–Crippen MR) is 119 cm³/mol. The average molecular weight is 377 g/mol. The number of nitrogens with zero attached hydrogens (tertiary/aromatic N) is 2. The van der Waals surface area contributed by atoms with Gasteiger partial charge in [0, 0.05) is 23.1 Å². The molecule has 0 radical (unpaired) electrons. The standard InChI is InChI=1S/C26H21N2O/c1-16-8-4-6-10-21(16)28-17(2)27(3)22-14-12-18-19(26(22)28)13-15-24-25(18)20-9-5-7-11-23(20)29-24/h4-15H,1-3H3/q+1. The highest BCUT2D eigenvalue weighted by molar-refractivity contribution is 6.22. The van der Waals surface area contributed by atoms with Crippen molar-refractivity contribution in [3.63, 3.8) is 0 Å². The third-order valence-electron chi connectivity index (χ3n) is 6.24. The second-order valence-corrected chi connectivity index (χ2v) is 7.79. The molecule has 0 atom stereocenters. The van der Waals surface area contributed by atoms with Crippen LogP contribution in [0.2, 0.25) is 0 Å². The van der Waals surface area contributed by atoms with Crippen LogP contribution >= 0.6 is 0 Å². The number of fused-ring (bicyclic) bond motifs is 7. The molecule has 0 saturated heterocycles. The maximum Gasteiger partial charge on any atom is 0.259 e. The number of rotatable bonds is 1. The number of imidazole rings is 1. The third-order valence-corrected chi connectivity index (χ3v) is 6.24. The minimum Gasteiger partial charge on any atom is -0.456 e. The molecule has 0 saturated carbocycles. The molecule has 6 rings (SSSR count). The fraction of sp³-hybridized carbons (Fsp3) is 0.115. The molecule has 3 nitrogen and oxygen atoms in total. The van der Waals surface area contributed by atoms with Crippen LogP contribution in [0.15, 0.2) is 77.2 Å². The molecule has 3 heteroatoms. The normalized spacial score (nSPS) is 12.0. The Kier molecular flexibility index (Phi) is 3.22. The highest BCUT2D eigenvalue weighted by Crippen LogP contribution is 2.37. The van der Waals surface area contributed by atoms with Gasteiger partial charge in [-0.15, -0.1) is 0 Å². The molecule has 0 unspecified atom stereocenters. The van der Waals surface area contributed by atoms with Crippen LogP contribution in [0.5, 0.6) is 0 Å². The summed E-state index contributed by atoms with van der Waals surface area (Å²) in [4.78, 5) is 0. The Labute approximate surface area is 168 Å². The molecule has 0 aliphatic rings.